The molecule has 2 atom stereocenters. The highest BCUT2D eigenvalue weighted by molar-refractivity contribution is 5.96. The average molecular weight is 309 g/mol. The summed E-state index contributed by atoms with van der Waals surface area (Å²) >= 11 is 0. The van der Waals surface area contributed by atoms with E-state index in [-0.39, 0.29) is 24.2 Å². The first-order valence-corrected chi connectivity index (χ1v) is 7.13. The van der Waals surface area contributed by atoms with Gasteiger partial charge in [-0.05, 0) is 49.9 Å². The second kappa shape index (κ2) is 6.45. The predicted octanol–water partition coefficient (Wildman–Crippen LogP) is 2.61. The lowest BCUT2D eigenvalue weighted by Gasteiger charge is -2.18. The molecule has 1 saturated carbocycles. The molecule has 2 aromatic rings. The molecular weight excluding hydrogens is 288 g/mol. The Morgan fingerprint density at radius 3 is 3.05 bits per heavy atom. The number of halogens is 1. The number of nitrogens with zero attached hydrogens (tertiary/aromatic N) is 1. The zero-order valence-electron chi connectivity index (χ0n) is 12.1. The summed E-state index contributed by atoms with van der Waals surface area (Å²) in [5, 5.41) is 11.1. The summed E-state index contributed by atoms with van der Waals surface area (Å²) in [5.41, 5.74) is 8.60. The largest absolute Gasteiger partial charge is 0.330 e. The lowest BCUT2D eigenvalue weighted by Crippen LogP contribution is -2.29. The molecule has 1 aromatic heterocycles. The van der Waals surface area contributed by atoms with Gasteiger partial charge in [0.2, 0.25) is 5.91 Å². The van der Waals surface area contributed by atoms with Gasteiger partial charge in [-0.15, -0.1) is 12.4 Å². The molecule has 0 radical (unpaired) electrons. The summed E-state index contributed by atoms with van der Waals surface area (Å²) < 4.78 is 0. The third kappa shape index (κ3) is 3.04. The summed E-state index contributed by atoms with van der Waals surface area (Å²) in [7, 11) is 0. The van der Waals surface area contributed by atoms with E-state index < -0.39 is 0 Å². The number of aromatic amines is 1. The zero-order valence-corrected chi connectivity index (χ0v) is 12.9. The molecule has 114 valence electrons. The smallest absolute Gasteiger partial charge is 0.227 e. The molecule has 6 heteroatoms. The van der Waals surface area contributed by atoms with Gasteiger partial charge in [0.25, 0.3) is 0 Å². The van der Waals surface area contributed by atoms with E-state index in [9.17, 15) is 4.79 Å². The monoisotopic (exact) mass is 308 g/mol. The first-order chi connectivity index (χ1) is 9.69. The number of nitrogens with two attached hydrogens (primary N) is 1. The van der Waals surface area contributed by atoms with Crippen LogP contribution < -0.4 is 11.1 Å². The van der Waals surface area contributed by atoms with Crippen molar-refractivity contribution < 1.29 is 4.79 Å². The molecule has 1 aliphatic rings. The van der Waals surface area contributed by atoms with Crippen LogP contribution in [0.25, 0.3) is 10.9 Å². The summed E-state index contributed by atoms with van der Waals surface area (Å²) in [6, 6.07) is 3.98. The average Bonchev–Trinajstić information content (AvgIpc) is 3.06. The molecule has 5 nitrogen and oxygen atoms in total. The maximum Gasteiger partial charge on any atom is 0.227 e. The number of carbonyl (C=O) groups is 1. The van der Waals surface area contributed by atoms with Crippen LogP contribution in [0, 0.1) is 18.8 Å². The van der Waals surface area contributed by atoms with Gasteiger partial charge in [0, 0.05) is 17.0 Å². The number of nitrogens with one attached hydrogen (secondary N) is 2. The van der Waals surface area contributed by atoms with Crippen LogP contribution in [0.5, 0.6) is 0 Å². The highest BCUT2D eigenvalue weighted by Crippen LogP contribution is 2.32. The Morgan fingerprint density at radius 1 is 1.48 bits per heavy atom. The van der Waals surface area contributed by atoms with Gasteiger partial charge in [-0.2, -0.15) is 5.10 Å². The topological polar surface area (TPSA) is 83.8 Å². The van der Waals surface area contributed by atoms with E-state index >= 15 is 0 Å². The number of carbonyl (C=O) groups excluding carboxylic acids is 1. The number of hydrogen-bond acceptors (Lipinski definition) is 3. The molecule has 1 aliphatic carbocycles. The fraction of sp³-hybridized carbons (Fsp3) is 0.467. The molecule has 0 spiro atoms. The summed E-state index contributed by atoms with van der Waals surface area (Å²) in [6.45, 7) is 2.59. The Morgan fingerprint density at radius 2 is 2.29 bits per heavy atom. The number of H-pyrrole nitrogens is 1. The fourth-order valence-electron chi connectivity index (χ4n) is 3.13. The van der Waals surface area contributed by atoms with Crippen LogP contribution in [0.15, 0.2) is 18.3 Å². The molecular formula is C15H21ClN4O. The van der Waals surface area contributed by atoms with Crippen molar-refractivity contribution in [2.24, 2.45) is 17.6 Å². The molecule has 1 aromatic carbocycles. The van der Waals surface area contributed by atoms with Gasteiger partial charge in [0.1, 0.15) is 0 Å². The molecule has 1 amide bonds. The van der Waals surface area contributed by atoms with Gasteiger partial charge in [-0.3, -0.25) is 9.89 Å². The minimum Gasteiger partial charge on any atom is -0.330 e. The summed E-state index contributed by atoms with van der Waals surface area (Å²) in [5.74, 6) is 0.475. The Kier molecular flexibility index (Phi) is 4.85. The van der Waals surface area contributed by atoms with Crippen LogP contribution >= 0.6 is 12.4 Å². The van der Waals surface area contributed by atoms with Crippen molar-refractivity contribution >= 4 is 34.9 Å². The van der Waals surface area contributed by atoms with Gasteiger partial charge in [-0.25, -0.2) is 0 Å². The van der Waals surface area contributed by atoms with Crippen molar-refractivity contribution in [1.29, 1.82) is 0 Å². The maximum absolute atomic E-state index is 12.4. The second-order valence-electron chi connectivity index (χ2n) is 5.65. The maximum atomic E-state index is 12.4. The normalized spacial score (nSPS) is 21.2. The van der Waals surface area contributed by atoms with Crippen molar-refractivity contribution in [3.8, 4) is 0 Å². The van der Waals surface area contributed by atoms with Crippen LogP contribution in [-0.4, -0.2) is 22.6 Å². The van der Waals surface area contributed by atoms with Crippen molar-refractivity contribution in [2.45, 2.75) is 26.2 Å². The lowest BCUT2D eigenvalue weighted by atomic mass is 9.95. The highest BCUT2D eigenvalue weighted by atomic mass is 35.5. The number of benzene rings is 1. The second-order valence-corrected chi connectivity index (χ2v) is 5.65. The molecule has 1 fully saturated rings. The Hall–Kier alpha value is -1.59. The van der Waals surface area contributed by atoms with E-state index in [1.54, 1.807) is 6.20 Å². The number of fused-ring (bicyclic) bond motifs is 1. The summed E-state index contributed by atoms with van der Waals surface area (Å²) in [6.07, 6.45) is 4.89. The van der Waals surface area contributed by atoms with Crippen molar-refractivity contribution in [3.63, 3.8) is 0 Å². The molecule has 0 saturated heterocycles. The first kappa shape index (κ1) is 15.8. The van der Waals surface area contributed by atoms with E-state index in [4.69, 9.17) is 5.73 Å². The quantitative estimate of drug-likeness (QED) is 0.815. The Labute approximate surface area is 130 Å². The minimum atomic E-state index is 0. The van der Waals surface area contributed by atoms with Crippen LogP contribution in [0.2, 0.25) is 0 Å². The SMILES string of the molecule is Cc1cc2cn[nH]c2cc1NC(=O)[C@@H]1CCC[C@@H]1CN.Cl. The van der Waals surface area contributed by atoms with E-state index in [2.05, 4.69) is 15.5 Å². The predicted molar refractivity (Wildman–Crippen MR) is 86.6 cm³/mol. The summed E-state index contributed by atoms with van der Waals surface area (Å²) in [4.78, 5) is 12.4. The Bertz CT molecular complexity index is 640. The number of hydrogen-bond donors (Lipinski definition) is 3. The Balaban J connectivity index is 0.00000161. The van der Waals surface area contributed by atoms with E-state index in [1.807, 2.05) is 19.1 Å². The molecule has 0 bridgehead atoms. The zero-order chi connectivity index (χ0) is 14.1. The molecule has 3 rings (SSSR count). The van der Waals surface area contributed by atoms with Crippen molar-refractivity contribution in [1.82, 2.24) is 10.2 Å². The van der Waals surface area contributed by atoms with Crippen molar-refractivity contribution in [3.05, 3.63) is 23.9 Å². The van der Waals surface area contributed by atoms with Gasteiger partial charge >= 0.3 is 0 Å². The molecule has 0 unspecified atom stereocenters. The van der Waals surface area contributed by atoms with Gasteiger partial charge in [-0.1, -0.05) is 6.42 Å². The third-order valence-corrected chi connectivity index (χ3v) is 4.34. The van der Waals surface area contributed by atoms with Crippen LogP contribution in [0.1, 0.15) is 24.8 Å². The molecule has 4 N–H and O–H groups in total. The number of aryl methyl sites for hydroxylation is 1. The van der Waals surface area contributed by atoms with Gasteiger partial charge in [0.15, 0.2) is 0 Å². The van der Waals surface area contributed by atoms with Gasteiger partial charge in [0.05, 0.1) is 11.7 Å². The third-order valence-electron chi connectivity index (χ3n) is 4.34. The first-order valence-electron chi connectivity index (χ1n) is 7.13. The fourth-order valence-corrected chi connectivity index (χ4v) is 3.13. The van der Waals surface area contributed by atoms with E-state index in [0.717, 1.165) is 41.4 Å². The molecule has 0 aliphatic heterocycles. The number of anilines is 1. The van der Waals surface area contributed by atoms with Gasteiger partial charge < -0.3 is 11.1 Å². The number of aromatic nitrogens is 2. The van der Waals surface area contributed by atoms with Crippen molar-refractivity contribution in [2.75, 3.05) is 11.9 Å². The van der Waals surface area contributed by atoms with E-state index in [1.165, 1.54) is 0 Å². The standard InChI is InChI=1S/C15H20N4O.ClH/c1-9-5-11-8-17-19-14(11)6-13(9)18-15(20)12-4-2-3-10(12)7-16;/h5-6,8,10,12H,2-4,7,16H2,1H3,(H,17,19)(H,18,20);1H/t10-,12-;/m1./s1. The van der Waals surface area contributed by atoms with Crippen LogP contribution in [0.4, 0.5) is 5.69 Å². The molecule has 21 heavy (non-hydrogen) atoms. The minimum absolute atomic E-state index is 0. The number of amides is 1. The van der Waals surface area contributed by atoms with E-state index in [0.29, 0.717) is 12.5 Å². The van der Waals surface area contributed by atoms with Crippen LogP contribution in [0.3, 0.4) is 0 Å². The van der Waals surface area contributed by atoms with Crippen LogP contribution in [-0.2, 0) is 4.79 Å². The lowest BCUT2D eigenvalue weighted by molar-refractivity contribution is -0.120. The number of rotatable bonds is 3. The molecule has 1 heterocycles. The highest BCUT2D eigenvalue weighted by Gasteiger charge is 2.32.